The van der Waals surface area contributed by atoms with Gasteiger partial charge >= 0.3 is 0 Å². The number of carbonyl (C=O) groups excluding carboxylic acids is 1. The molecule has 0 atom stereocenters. The molecular formula is C16H20O. The van der Waals surface area contributed by atoms with Crippen LogP contribution in [-0.2, 0) is 0 Å². The SMILES string of the molecule is C=Cc1ccc(C(=O)CCC2CCCC2)cc1. The van der Waals surface area contributed by atoms with Gasteiger partial charge < -0.3 is 0 Å². The molecule has 2 rings (SSSR count). The van der Waals surface area contributed by atoms with Crippen LogP contribution in [0.25, 0.3) is 6.08 Å². The first kappa shape index (κ1) is 12.1. The molecule has 1 fully saturated rings. The molecule has 1 nitrogen and oxygen atoms in total. The molecule has 17 heavy (non-hydrogen) atoms. The van der Waals surface area contributed by atoms with E-state index in [4.69, 9.17) is 0 Å². The maximum absolute atomic E-state index is 12.0. The van der Waals surface area contributed by atoms with Crippen LogP contribution in [0.2, 0.25) is 0 Å². The van der Waals surface area contributed by atoms with Crippen LogP contribution < -0.4 is 0 Å². The van der Waals surface area contributed by atoms with Crippen LogP contribution in [0.3, 0.4) is 0 Å². The van der Waals surface area contributed by atoms with E-state index >= 15 is 0 Å². The molecule has 1 aromatic rings. The van der Waals surface area contributed by atoms with Crippen LogP contribution in [0.5, 0.6) is 0 Å². The van der Waals surface area contributed by atoms with E-state index in [-0.39, 0.29) is 5.78 Å². The predicted octanol–water partition coefficient (Wildman–Crippen LogP) is 4.48. The van der Waals surface area contributed by atoms with Crippen molar-refractivity contribution in [2.24, 2.45) is 5.92 Å². The van der Waals surface area contributed by atoms with Crippen molar-refractivity contribution in [2.75, 3.05) is 0 Å². The third-order valence-corrected chi connectivity index (χ3v) is 3.72. The molecule has 1 aromatic carbocycles. The first-order chi connectivity index (χ1) is 8.29. The quantitative estimate of drug-likeness (QED) is 0.679. The molecule has 0 radical (unpaired) electrons. The van der Waals surface area contributed by atoms with Crippen LogP contribution >= 0.6 is 0 Å². The predicted molar refractivity (Wildman–Crippen MR) is 72.1 cm³/mol. The lowest BCUT2D eigenvalue weighted by Gasteiger charge is -2.07. The number of ketones is 1. The Labute approximate surface area is 104 Å². The average Bonchev–Trinajstić information content (AvgIpc) is 2.89. The summed E-state index contributed by atoms with van der Waals surface area (Å²) in [4.78, 5) is 12.0. The van der Waals surface area contributed by atoms with Gasteiger partial charge in [0.05, 0.1) is 0 Å². The number of Topliss-reactive ketones (excluding diaryl/α,β-unsaturated/α-hetero) is 1. The normalized spacial score (nSPS) is 16.0. The summed E-state index contributed by atoms with van der Waals surface area (Å²) in [6.07, 6.45) is 8.93. The largest absolute Gasteiger partial charge is 0.294 e. The number of hydrogen-bond acceptors (Lipinski definition) is 1. The van der Waals surface area contributed by atoms with Gasteiger partial charge in [-0.1, -0.05) is 62.6 Å². The van der Waals surface area contributed by atoms with Crippen molar-refractivity contribution in [1.82, 2.24) is 0 Å². The van der Waals surface area contributed by atoms with Crippen molar-refractivity contribution >= 4 is 11.9 Å². The van der Waals surface area contributed by atoms with E-state index in [2.05, 4.69) is 6.58 Å². The van der Waals surface area contributed by atoms with E-state index in [0.717, 1.165) is 23.5 Å². The average molecular weight is 228 g/mol. The molecule has 0 bridgehead atoms. The van der Waals surface area contributed by atoms with Gasteiger partial charge in [-0.3, -0.25) is 4.79 Å². The zero-order valence-electron chi connectivity index (χ0n) is 10.3. The van der Waals surface area contributed by atoms with E-state index in [1.54, 1.807) is 6.08 Å². The fraction of sp³-hybridized carbons (Fsp3) is 0.438. The fourth-order valence-corrected chi connectivity index (χ4v) is 2.58. The topological polar surface area (TPSA) is 17.1 Å². The summed E-state index contributed by atoms with van der Waals surface area (Å²) in [6.45, 7) is 3.71. The summed E-state index contributed by atoms with van der Waals surface area (Å²) in [6, 6.07) is 7.73. The minimum absolute atomic E-state index is 0.285. The Kier molecular flexibility index (Phi) is 4.13. The molecule has 0 amide bonds. The highest BCUT2D eigenvalue weighted by Crippen LogP contribution is 2.29. The second-order valence-electron chi connectivity index (χ2n) is 4.94. The maximum atomic E-state index is 12.0. The van der Waals surface area contributed by atoms with Gasteiger partial charge in [-0.2, -0.15) is 0 Å². The monoisotopic (exact) mass is 228 g/mol. The molecule has 0 heterocycles. The summed E-state index contributed by atoms with van der Waals surface area (Å²) >= 11 is 0. The smallest absolute Gasteiger partial charge is 0.162 e. The molecule has 1 heteroatoms. The van der Waals surface area contributed by atoms with Gasteiger partial charge in [-0.15, -0.1) is 0 Å². The van der Waals surface area contributed by atoms with Crippen LogP contribution in [0, 0.1) is 5.92 Å². The number of hydrogen-bond donors (Lipinski definition) is 0. The molecule has 1 aliphatic carbocycles. The van der Waals surface area contributed by atoms with E-state index in [0.29, 0.717) is 6.42 Å². The summed E-state index contributed by atoms with van der Waals surface area (Å²) < 4.78 is 0. The molecule has 0 saturated heterocycles. The van der Waals surface area contributed by atoms with Crippen molar-refractivity contribution in [3.63, 3.8) is 0 Å². The van der Waals surface area contributed by atoms with Crippen LogP contribution in [0.4, 0.5) is 0 Å². The fourth-order valence-electron chi connectivity index (χ4n) is 2.58. The molecule has 1 aliphatic rings. The zero-order valence-corrected chi connectivity index (χ0v) is 10.3. The third-order valence-electron chi connectivity index (χ3n) is 3.72. The second kappa shape index (κ2) is 5.81. The van der Waals surface area contributed by atoms with Crippen molar-refractivity contribution in [3.8, 4) is 0 Å². The second-order valence-corrected chi connectivity index (χ2v) is 4.94. The summed E-state index contributed by atoms with van der Waals surface area (Å²) in [5.74, 6) is 1.08. The first-order valence-electron chi connectivity index (χ1n) is 6.55. The lowest BCUT2D eigenvalue weighted by atomic mass is 9.97. The Morgan fingerprint density at radius 3 is 2.47 bits per heavy atom. The van der Waals surface area contributed by atoms with Gasteiger partial charge in [0.15, 0.2) is 5.78 Å². The Morgan fingerprint density at radius 2 is 1.88 bits per heavy atom. The van der Waals surface area contributed by atoms with Crippen molar-refractivity contribution in [2.45, 2.75) is 38.5 Å². The van der Waals surface area contributed by atoms with Crippen molar-refractivity contribution < 1.29 is 4.79 Å². The van der Waals surface area contributed by atoms with E-state index in [1.165, 1.54) is 25.7 Å². The number of rotatable bonds is 5. The molecule has 1 saturated carbocycles. The standard InChI is InChI=1S/C16H20O/c1-2-13-7-10-15(11-8-13)16(17)12-9-14-5-3-4-6-14/h2,7-8,10-11,14H,1,3-6,9,12H2. The zero-order chi connectivity index (χ0) is 12.1. The Hall–Kier alpha value is -1.37. The van der Waals surface area contributed by atoms with Gasteiger partial charge in [0.2, 0.25) is 0 Å². The third kappa shape index (κ3) is 3.29. The van der Waals surface area contributed by atoms with Gasteiger partial charge in [0, 0.05) is 12.0 Å². The summed E-state index contributed by atoms with van der Waals surface area (Å²) in [7, 11) is 0. The highest BCUT2D eigenvalue weighted by Gasteiger charge is 2.16. The lowest BCUT2D eigenvalue weighted by molar-refractivity contribution is 0.0974. The molecule has 90 valence electrons. The minimum Gasteiger partial charge on any atom is -0.294 e. The van der Waals surface area contributed by atoms with Gasteiger partial charge in [-0.25, -0.2) is 0 Å². The lowest BCUT2D eigenvalue weighted by Crippen LogP contribution is -2.02. The van der Waals surface area contributed by atoms with Gasteiger partial charge in [-0.05, 0) is 17.9 Å². The highest BCUT2D eigenvalue weighted by molar-refractivity contribution is 5.96. The number of benzene rings is 1. The van der Waals surface area contributed by atoms with Crippen molar-refractivity contribution in [1.29, 1.82) is 0 Å². The van der Waals surface area contributed by atoms with Crippen LogP contribution in [0.15, 0.2) is 30.8 Å². The highest BCUT2D eigenvalue weighted by atomic mass is 16.1. The number of carbonyl (C=O) groups is 1. The van der Waals surface area contributed by atoms with Crippen LogP contribution in [-0.4, -0.2) is 5.78 Å². The molecule has 0 unspecified atom stereocenters. The molecule has 0 aliphatic heterocycles. The Bertz CT molecular complexity index is 382. The molecule has 0 N–H and O–H groups in total. The molecular weight excluding hydrogens is 208 g/mol. The van der Waals surface area contributed by atoms with Crippen molar-refractivity contribution in [3.05, 3.63) is 42.0 Å². The first-order valence-corrected chi connectivity index (χ1v) is 6.55. The molecule has 0 aromatic heterocycles. The molecule has 0 spiro atoms. The minimum atomic E-state index is 0.285. The van der Waals surface area contributed by atoms with Crippen LogP contribution in [0.1, 0.15) is 54.4 Å². The van der Waals surface area contributed by atoms with E-state index in [1.807, 2.05) is 24.3 Å². The Morgan fingerprint density at radius 1 is 1.24 bits per heavy atom. The van der Waals surface area contributed by atoms with Gasteiger partial charge in [0.1, 0.15) is 0 Å². The van der Waals surface area contributed by atoms with Gasteiger partial charge in [0.25, 0.3) is 0 Å². The summed E-state index contributed by atoms with van der Waals surface area (Å²) in [5, 5.41) is 0. The maximum Gasteiger partial charge on any atom is 0.162 e. The van der Waals surface area contributed by atoms with E-state index in [9.17, 15) is 4.79 Å². The Balaban J connectivity index is 1.87. The van der Waals surface area contributed by atoms with E-state index < -0.39 is 0 Å². The summed E-state index contributed by atoms with van der Waals surface area (Å²) in [5.41, 5.74) is 1.91.